The number of nitrogens with two attached hydrogens (primary N) is 1. The van der Waals surface area contributed by atoms with E-state index in [4.69, 9.17) is 5.84 Å². The smallest absolute Gasteiger partial charge is 0.340 e. The number of nitrogens with zero attached hydrogens (tertiary/aromatic N) is 1. The number of halogens is 4. The third-order valence-electron chi connectivity index (χ3n) is 2.42. The molecule has 0 fully saturated rings. The molecule has 0 atom stereocenters. The molecule has 1 aromatic carbocycles. The molecule has 0 bridgehead atoms. The molecule has 106 valence electrons. The number of hydrogen-bond donors (Lipinski definition) is 3. The Morgan fingerprint density at radius 2 is 1.65 bits per heavy atom. The highest BCUT2D eigenvalue weighted by atomic mass is 127. The van der Waals surface area contributed by atoms with Crippen LogP contribution in [-0.2, 0) is 6.18 Å². The molecule has 0 aliphatic rings. The van der Waals surface area contributed by atoms with E-state index < -0.39 is 11.7 Å². The van der Waals surface area contributed by atoms with Crippen molar-refractivity contribution in [2.45, 2.75) is 6.18 Å². The highest BCUT2D eigenvalue weighted by molar-refractivity contribution is 14.1. The van der Waals surface area contributed by atoms with Gasteiger partial charge in [-0.3, -0.25) is 0 Å². The minimum atomic E-state index is -4.46. The van der Waals surface area contributed by atoms with E-state index >= 15 is 0 Å². The largest absolute Gasteiger partial charge is 0.416 e. The number of anilines is 3. The van der Waals surface area contributed by atoms with Gasteiger partial charge in [-0.15, -0.1) is 0 Å². The summed E-state index contributed by atoms with van der Waals surface area (Å²) in [5, 5.41) is 2.81. The van der Waals surface area contributed by atoms with Gasteiger partial charge in [-0.05, 0) is 59.0 Å². The third kappa shape index (κ3) is 3.73. The lowest BCUT2D eigenvalue weighted by Crippen LogP contribution is -2.13. The summed E-state index contributed by atoms with van der Waals surface area (Å²) in [6.45, 7) is 0. The molecule has 2 aromatic rings. The molecular formula is C12H10F3IN4. The van der Waals surface area contributed by atoms with E-state index in [1.54, 1.807) is 12.1 Å². The van der Waals surface area contributed by atoms with Gasteiger partial charge in [-0.1, -0.05) is 0 Å². The van der Waals surface area contributed by atoms with Gasteiger partial charge in [0.25, 0.3) is 0 Å². The van der Waals surface area contributed by atoms with Crippen LogP contribution in [0.2, 0.25) is 0 Å². The quantitative estimate of drug-likeness (QED) is 0.422. The molecule has 0 saturated heterocycles. The maximum Gasteiger partial charge on any atom is 0.416 e. The van der Waals surface area contributed by atoms with Gasteiger partial charge in [0.2, 0.25) is 0 Å². The van der Waals surface area contributed by atoms with Crippen LogP contribution in [-0.4, -0.2) is 4.98 Å². The summed E-state index contributed by atoms with van der Waals surface area (Å²) in [6, 6.07) is 8.94. The average Bonchev–Trinajstić information content (AvgIpc) is 2.40. The molecule has 0 amide bonds. The lowest BCUT2D eigenvalue weighted by Gasteiger charge is -2.12. The minimum absolute atomic E-state index is 0.0622. The van der Waals surface area contributed by atoms with Crippen molar-refractivity contribution in [3.63, 3.8) is 0 Å². The second-order valence-corrected chi connectivity index (χ2v) is 5.15. The number of rotatable bonds is 3. The first-order valence-corrected chi connectivity index (χ1v) is 6.55. The molecule has 0 radical (unpaired) electrons. The Bertz CT molecular complexity index is 599. The van der Waals surface area contributed by atoms with Crippen molar-refractivity contribution in [3.8, 4) is 0 Å². The van der Waals surface area contributed by atoms with Gasteiger partial charge in [0.1, 0.15) is 11.6 Å². The maximum absolute atomic E-state index is 12.8. The number of nitrogens with one attached hydrogen (secondary N) is 2. The Hall–Kier alpha value is -1.55. The number of hydrogen-bond acceptors (Lipinski definition) is 4. The van der Waals surface area contributed by atoms with Gasteiger partial charge in [0.05, 0.1) is 5.56 Å². The summed E-state index contributed by atoms with van der Waals surface area (Å²) < 4.78 is 39.3. The SMILES string of the molecule is NNc1cc(C(F)(F)F)cc(Nc2ccc(I)cc2)n1. The molecule has 0 spiro atoms. The second kappa shape index (κ2) is 5.83. The monoisotopic (exact) mass is 394 g/mol. The van der Waals surface area contributed by atoms with Crippen LogP contribution in [0.4, 0.5) is 30.5 Å². The number of alkyl halides is 3. The molecule has 4 N–H and O–H groups in total. The van der Waals surface area contributed by atoms with Crippen LogP contribution in [0, 0.1) is 3.57 Å². The fourth-order valence-corrected chi connectivity index (χ4v) is 1.87. The van der Waals surface area contributed by atoms with Crippen molar-refractivity contribution in [2.75, 3.05) is 10.7 Å². The van der Waals surface area contributed by atoms with Crippen LogP contribution < -0.4 is 16.6 Å². The van der Waals surface area contributed by atoms with Crippen LogP contribution in [0.15, 0.2) is 36.4 Å². The zero-order valence-corrected chi connectivity index (χ0v) is 12.2. The molecule has 2 rings (SSSR count). The first-order chi connectivity index (χ1) is 9.38. The van der Waals surface area contributed by atoms with E-state index in [-0.39, 0.29) is 11.6 Å². The molecular weight excluding hydrogens is 384 g/mol. The molecule has 8 heteroatoms. The van der Waals surface area contributed by atoms with Crippen molar-refractivity contribution in [1.29, 1.82) is 0 Å². The standard InChI is InChI=1S/C12H10F3IN4/c13-12(14,15)7-5-10(19-11(6-7)20-17)18-9-3-1-8(16)2-4-9/h1-6H,17H2,(H2,18,19,20). The Balaban J connectivity index is 2.33. The van der Waals surface area contributed by atoms with Crippen LogP contribution in [0.25, 0.3) is 0 Å². The second-order valence-electron chi connectivity index (χ2n) is 3.90. The van der Waals surface area contributed by atoms with Crippen molar-refractivity contribution in [2.24, 2.45) is 5.84 Å². The first-order valence-electron chi connectivity index (χ1n) is 5.47. The van der Waals surface area contributed by atoms with E-state index in [0.717, 1.165) is 15.7 Å². The predicted octanol–water partition coefficient (Wildman–Crippen LogP) is 3.73. The third-order valence-corrected chi connectivity index (χ3v) is 3.14. The summed E-state index contributed by atoms with van der Waals surface area (Å²) >= 11 is 2.14. The van der Waals surface area contributed by atoms with Gasteiger partial charge < -0.3 is 10.7 Å². The van der Waals surface area contributed by atoms with E-state index in [2.05, 4.69) is 38.3 Å². The highest BCUT2D eigenvalue weighted by Gasteiger charge is 2.31. The predicted molar refractivity (Wildman–Crippen MR) is 79.5 cm³/mol. The summed E-state index contributed by atoms with van der Waals surface area (Å²) in [5.74, 6) is 5.14. The van der Waals surface area contributed by atoms with Crippen LogP contribution in [0.5, 0.6) is 0 Å². The molecule has 4 nitrogen and oxygen atoms in total. The van der Waals surface area contributed by atoms with Gasteiger partial charge in [-0.2, -0.15) is 13.2 Å². The zero-order chi connectivity index (χ0) is 14.8. The summed E-state index contributed by atoms with van der Waals surface area (Å²) in [6.07, 6.45) is -4.46. The van der Waals surface area contributed by atoms with Gasteiger partial charge >= 0.3 is 6.18 Å². The zero-order valence-electron chi connectivity index (χ0n) is 10.0. The summed E-state index contributed by atoms with van der Waals surface area (Å²) in [7, 11) is 0. The lowest BCUT2D eigenvalue weighted by atomic mass is 10.2. The Morgan fingerprint density at radius 1 is 1.05 bits per heavy atom. The normalized spacial score (nSPS) is 11.2. The number of pyridine rings is 1. The van der Waals surface area contributed by atoms with Gasteiger partial charge in [-0.25, -0.2) is 10.8 Å². The molecule has 0 saturated carbocycles. The van der Waals surface area contributed by atoms with Crippen molar-refractivity contribution in [1.82, 2.24) is 4.98 Å². The number of hydrazine groups is 1. The van der Waals surface area contributed by atoms with Crippen LogP contribution in [0.3, 0.4) is 0 Å². The van der Waals surface area contributed by atoms with E-state index in [1.807, 2.05) is 12.1 Å². The van der Waals surface area contributed by atoms with Gasteiger partial charge in [0, 0.05) is 9.26 Å². The van der Waals surface area contributed by atoms with Crippen LogP contribution in [0.1, 0.15) is 5.56 Å². The van der Waals surface area contributed by atoms with E-state index in [1.165, 1.54) is 0 Å². The van der Waals surface area contributed by atoms with Crippen molar-refractivity contribution >= 4 is 39.9 Å². The molecule has 1 aromatic heterocycles. The number of nitrogen functional groups attached to an aromatic ring is 1. The topological polar surface area (TPSA) is 63.0 Å². The van der Waals surface area contributed by atoms with E-state index in [9.17, 15) is 13.2 Å². The highest BCUT2D eigenvalue weighted by Crippen LogP contribution is 2.32. The maximum atomic E-state index is 12.8. The fraction of sp³-hybridized carbons (Fsp3) is 0.0833. The Kier molecular flexibility index (Phi) is 4.33. The average molecular weight is 394 g/mol. The van der Waals surface area contributed by atoms with Crippen LogP contribution >= 0.6 is 22.6 Å². The first kappa shape index (κ1) is 14.9. The summed E-state index contributed by atoms with van der Waals surface area (Å²) in [4.78, 5) is 3.93. The fourth-order valence-electron chi connectivity index (χ4n) is 1.51. The molecule has 0 aliphatic heterocycles. The molecule has 0 unspecified atom stereocenters. The van der Waals surface area contributed by atoms with Crippen molar-refractivity contribution in [3.05, 3.63) is 45.5 Å². The van der Waals surface area contributed by atoms with Gasteiger partial charge in [0.15, 0.2) is 0 Å². The van der Waals surface area contributed by atoms with E-state index in [0.29, 0.717) is 5.69 Å². The molecule has 1 heterocycles. The Morgan fingerprint density at radius 3 is 2.20 bits per heavy atom. The molecule has 0 aliphatic carbocycles. The Labute approximate surface area is 126 Å². The van der Waals surface area contributed by atoms with Crippen molar-refractivity contribution < 1.29 is 13.2 Å². The number of aromatic nitrogens is 1. The lowest BCUT2D eigenvalue weighted by molar-refractivity contribution is -0.137. The summed E-state index contributed by atoms with van der Waals surface area (Å²) in [5.41, 5.74) is 1.94. The minimum Gasteiger partial charge on any atom is -0.340 e. The number of benzene rings is 1. The molecule has 20 heavy (non-hydrogen) atoms.